The van der Waals surface area contributed by atoms with Gasteiger partial charge in [0.25, 0.3) is 0 Å². The second kappa shape index (κ2) is 5.39. The molecule has 0 atom stereocenters. The summed E-state index contributed by atoms with van der Waals surface area (Å²) < 4.78 is 2.01. The largest absolute Gasteiger partial charge is 0.478 e. The predicted molar refractivity (Wildman–Crippen MR) is 86.8 cm³/mol. The van der Waals surface area contributed by atoms with E-state index in [1.165, 1.54) is 12.8 Å². The number of hydrogen-bond acceptors (Lipinski definition) is 4. The Morgan fingerprint density at radius 2 is 1.83 bits per heavy atom. The van der Waals surface area contributed by atoms with Crippen molar-refractivity contribution in [2.45, 2.75) is 12.8 Å². The number of fused-ring (bicyclic) bond motifs is 1. The molecular formula is C17H16N4O2. The lowest BCUT2D eigenvalue weighted by atomic mass is 10.1. The molecule has 23 heavy (non-hydrogen) atoms. The first-order chi connectivity index (χ1) is 11.2. The van der Waals surface area contributed by atoms with Crippen LogP contribution in [0.15, 0.2) is 42.9 Å². The molecule has 1 fully saturated rings. The van der Waals surface area contributed by atoms with Crippen LogP contribution in [0.2, 0.25) is 0 Å². The van der Waals surface area contributed by atoms with Gasteiger partial charge in [-0.3, -0.25) is 4.40 Å². The van der Waals surface area contributed by atoms with Crippen molar-refractivity contribution in [2.75, 3.05) is 18.0 Å². The first-order valence-corrected chi connectivity index (χ1v) is 7.65. The molecule has 116 valence electrons. The molecule has 3 aromatic rings. The molecule has 1 aliphatic heterocycles. The molecule has 0 amide bonds. The Labute approximate surface area is 133 Å². The Morgan fingerprint density at radius 3 is 2.52 bits per heavy atom. The van der Waals surface area contributed by atoms with E-state index < -0.39 is 5.97 Å². The van der Waals surface area contributed by atoms with Gasteiger partial charge in [0.1, 0.15) is 0 Å². The fraction of sp³-hybridized carbons (Fsp3) is 0.235. The third-order valence-electron chi connectivity index (χ3n) is 4.24. The van der Waals surface area contributed by atoms with Gasteiger partial charge in [-0.15, -0.1) is 0 Å². The molecule has 0 spiro atoms. The second-order valence-electron chi connectivity index (χ2n) is 5.66. The number of aromatic nitrogens is 3. The van der Waals surface area contributed by atoms with Gasteiger partial charge in [0.15, 0.2) is 11.5 Å². The summed E-state index contributed by atoms with van der Waals surface area (Å²) in [5.41, 5.74) is 2.98. The van der Waals surface area contributed by atoms with E-state index >= 15 is 0 Å². The van der Waals surface area contributed by atoms with E-state index in [-0.39, 0.29) is 5.56 Å². The van der Waals surface area contributed by atoms with Crippen LogP contribution in [0, 0.1) is 0 Å². The van der Waals surface area contributed by atoms with Gasteiger partial charge >= 0.3 is 5.97 Å². The first-order valence-electron chi connectivity index (χ1n) is 7.65. The summed E-state index contributed by atoms with van der Waals surface area (Å²) in [6.45, 7) is 2.03. The lowest BCUT2D eigenvalue weighted by Crippen LogP contribution is -2.19. The van der Waals surface area contributed by atoms with Crippen molar-refractivity contribution in [1.29, 1.82) is 0 Å². The fourth-order valence-corrected chi connectivity index (χ4v) is 3.05. The summed E-state index contributed by atoms with van der Waals surface area (Å²) in [6.07, 6.45) is 7.87. The highest BCUT2D eigenvalue weighted by atomic mass is 16.4. The van der Waals surface area contributed by atoms with Crippen LogP contribution in [0.5, 0.6) is 0 Å². The van der Waals surface area contributed by atoms with E-state index in [9.17, 15) is 4.79 Å². The van der Waals surface area contributed by atoms with Gasteiger partial charge in [0, 0.05) is 31.0 Å². The number of imidazole rings is 1. The van der Waals surface area contributed by atoms with Crippen molar-refractivity contribution in [1.82, 2.24) is 14.4 Å². The van der Waals surface area contributed by atoms with Crippen LogP contribution in [0.1, 0.15) is 23.2 Å². The number of carboxylic acids is 1. The zero-order valence-corrected chi connectivity index (χ0v) is 12.5. The van der Waals surface area contributed by atoms with Crippen molar-refractivity contribution >= 4 is 17.4 Å². The second-order valence-corrected chi connectivity index (χ2v) is 5.66. The standard InChI is InChI=1S/C17H16N4O2/c22-17(23)13-5-3-12(4-6-13)14-11-19-16-15(18-7-10-21(14)16)20-8-1-2-9-20/h3-7,10-11H,1-2,8-9H2,(H,22,23). The zero-order valence-electron chi connectivity index (χ0n) is 12.5. The number of nitrogens with zero attached hydrogens (tertiary/aromatic N) is 4. The lowest BCUT2D eigenvalue weighted by molar-refractivity contribution is 0.0697. The minimum Gasteiger partial charge on any atom is -0.478 e. The first kappa shape index (κ1) is 13.8. The highest BCUT2D eigenvalue weighted by molar-refractivity contribution is 5.88. The molecular weight excluding hydrogens is 292 g/mol. The molecule has 0 unspecified atom stereocenters. The number of carboxylic acid groups (broad SMARTS) is 1. The lowest BCUT2D eigenvalue weighted by Gasteiger charge is -2.16. The van der Waals surface area contributed by atoms with E-state index in [0.29, 0.717) is 0 Å². The summed E-state index contributed by atoms with van der Waals surface area (Å²) in [7, 11) is 0. The van der Waals surface area contributed by atoms with Crippen LogP contribution < -0.4 is 4.90 Å². The molecule has 1 aliphatic rings. The average molecular weight is 308 g/mol. The monoisotopic (exact) mass is 308 g/mol. The van der Waals surface area contributed by atoms with Crippen LogP contribution in [0.3, 0.4) is 0 Å². The predicted octanol–water partition coefficient (Wildman–Crippen LogP) is 2.69. The van der Waals surface area contributed by atoms with Crippen molar-refractivity contribution < 1.29 is 9.90 Å². The van der Waals surface area contributed by atoms with Gasteiger partial charge in [-0.05, 0) is 25.0 Å². The number of carbonyl (C=O) groups is 1. The van der Waals surface area contributed by atoms with E-state index in [1.54, 1.807) is 18.3 Å². The van der Waals surface area contributed by atoms with E-state index in [0.717, 1.165) is 35.8 Å². The van der Waals surface area contributed by atoms with Gasteiger partial charge in [-0.2, -0.15) is 0 Å². The maximum Gasteiger partial charge on any atom is 0.335 e. The maximum absolute atomic E-state index is 11.0. The quantitative estimate of drug-likeness (QED) is 0.805. The van der Waals surface area contributed by atoms with Crippen molar-refractivity contribution in [2.24, 2.45) is 0 Å². The third-order valence-corrected chi connectivity index (χ3v) is 4.24. The Kier molecular flexibility index (Phi) is 3.22. The number of benzene rings is 1. The molecule has 2 aromatic heterocycles. The van der Waals surface area contributed by atoms with Gasteiger partial charge in [0.2, 0.25) is 0 Å². The Morgan fingerprint density at radius 1 is 1.09 bits per heavy atom. The van der Waals surface area contributed by atoms with Crippen LogP contribution in [0.25, 0.3) is 16.9 Å². The van der Waals surface area contributed by atoms with E-state index in [1.807, 2.05) is 28.9 Å². The number of rotatable bonds is 3. The van der Waals surface area contributed by atoms with Crippen LogP contribution in [0.4, 0.5) is 5.82 Å². The summed E-state index contributed by atoms with van der Waals surface area (Å²) in [5.74, 6) is -0.00591. The Bertz CT molecular complexity index is 864. The van der Waals surface area contributed by atoms with E-state index in [2.05, 4.69) is 14.9 Å². The summed E-state index contributed by atoms with van der Waals surface area (Å²) in [4.78, 5) is 22.3. The molecule has 0 aliphatic carbocycles. The molecule has 6 nitrogen and oxygen atoms in total. The van der Waals surface area contributed by atoms with Crippen molar-refractivity contribution in [3.8, 4) is 11.3 Å². The summed E-state index contributed by atoms with van der Waals surface area (Å²) >= 11 is 0. The van der Waals surface area contributed by atoms with Gasteiger partial charge in [0.05, 0.1) is 17.5 Å². The summed E-state index contributed by atoms with van der Waals surface area (Å²) in [5, 5.41) is 9.00. The zero-order chi connectivity index (χ0) is 15.8. The minimum atomic E-state index is -0.921. The van der Waals surface area contributed by atoms with Crippen molar-refractivity contribution in [3.05, 3.63) is 48.4 Å². The molecule has 1 N–H and O–H groups in total. The molecule has 0 radical (unpaired) electrons. The van der Waals surface area contributed by atoms with E-state index in [4.69, 9.17) is 5.11 Å². The molecule has 6 heteroatoms. The minimum absolute atomic E-state index is 0.280. The Hall–Kier alpha value is -2.89. The smallest absolute Gasteiger partial charge is 0.335 e. The van der Waals surface area contributed by atoms with Crippen LogP contribution in [-0.2, 0) is 0 Å². The molecule has 3 heterocycles. The topological polar surface area (TPSA) is 70.7 Å². The average Bonchev–Trinajstić information content (AvgIpc) is 3.24. The number of anilines is 1. The highest BCUT2D eigenvalue weighted by Gasteiger charge is 2.18. The van der Waals surface area contributed by atoms with Gasteiger partial charge in [-0.25, -0.2) is 14.8 Å². The molecule has 0 saturated carbocycles. The number of hydrogen-bond donors (Lipinski definition) is 1. The normalized spacial score (nSPS) is 14.5. The molecule has 0 bridgehead atoms. The van der Waals surface area contributed by atoms with Gasteiger partial charge < -0.3 is 10.0 Å². The molecule has 1 aromatic carbocycles. The number of aromatic carboxylic acids is 1. The SMILES string of the molecule is O=C(O)c1ccc(-c2cnc3c(N4CCCC4)nccn23)cc1. The maximum atomic E-state index is 11.0. The Balaban J connectivity index is 1.79. The third kappa shape index (κ3) is 2.32. The highest BCUT2D eigenvalue weighted by Crippen LogP contribution is 2.27. The molecule has 4 rings (SSSR count). The van der Waals surface area contributed by atoms with Gasteiger partial charge in [-0.1, -0.05) is 12.1 Å². The fourth-order valence-electron chi connectivity index (χ4n) is 3.05. The summed E-state index contributed by atoms with van der Waals surface area (Å²) in [6, 6.07) is 6.84. The molecule has 1 saturated heterocycles. The van der Waals surface area contributed by atoms with Crippen molar-refractivity contribution in [3.63, 3.8) is 0 Å². The van der Waals surface area contributed by atoms with Crippen LogP contribution >= 0.6 is 0 Å². The van der Waals surface area contributed by atoms with Crippen LogP contribution in [-0.4, -0.2) is 38.5 Å².